The van der Waals surface area contributed by atoms with Crippen LogP contribution in [0.2, 0.25) is 0 Å². The Hall–Kier alpha value is -1.15. The lowest BCUT2D eigenvalue weighted by molar-refractivity contribution is -0.383. The van der Waals surface area contributed by atoms with Gasteiger partial charge in [-0.2, -0.15) is 0 Å². The minimum absolute atomic E-state index is 0.0275. The smallest absolute Gasteiger partial charge is 0.304 e. The number of hydrogen-bond acceptors (Lipinski definition) is 6. The molecular weight excluding hydrogens is 276 g/mol. The molecule has 1 N–H and O–H groups in total. The number of rotatable bonds is 5. The summed E-state index contributed by atoms with van der Waals surface area (Å²) in [6.45, 7) is 1.96. The second-order valence-corrected chi connectivity index (χ2v) is 7.87. The molecule has 2 rings (SSSR count). The number of anilines is 1. The SMILES string of the molecule is CC(Nc1sc(S(C)(=O)=O)cc1[N+](=O)[O-])C1CC1. The molecule has 0 aliphatic heterocycles. The Balaban J connectivity index is 2.32. The van der Waals surface area contributed by atoms with Crippen LogP contribution < -0.4 is 5.32 Å². The molecule has 0 radical (unpaired) electrons. The van der Waals surface area contributed by atoms with E-state index in [9.17, 15) is 18.5 Å². The van der Waals surface area contributed by atoms with E-state index in [0.29, 0.717) is 10.9 Å². The summed E-state index contributed by atoms with van der Waals surface area (Å²) in [5.41, 5.74) is -0.159. The van der Waals surface area contributed by atoms with Crippen LogP contribution in [0.1, 0.15) is 19.8 Å². The summed E-state index contributed by atoms with van der Waals surface area (Å²) < 4.78 is 22.9. The van der Waals surface area contributed by atoms with E-state index in [1.165, 1.54) is 0 Å². The van der Waals surface area contributed by atoms with E-state index in [0.717, 1.165) is 36.5 Å². The van der Waals surface area contributed by atoms with Crippen molar-refractivity contribution in [1.29, 1.82) is 0 Å². The lowest BCUT2D eigenvalue weighted by Crippen LogP contribution is -2.16. The van der Waals surface area contributed by atoms with Crippen LogP contribution in [0.25, 0.3) is 0 Å². The maximum atomic E-state index is 11.4. The van der Waals surface area contributed by atoms with Gasteiger partial charge in [-0.05, 0) is 25.7 Å². The molecule has 0 aromatic carbocycles. The van der Waals surface area contributed by atoms with Crippen molar-refractivity contribution in [2.24, 2.45) is 5.92 Å². The number of hydrogen-bond donors (Lipinski definition) is 1. The minimum atomic E-state index is -3.40. The van der Waals surface area contributed by atoms with Crippen molar-refractivity contribution < 1.29 is 13.3 Å². The third kappa shape index (κ3) is 2.81. The van der Waals surface area contributed by atoms with Crippen LogP contribution in [0.5, 0.6) is 0 Å². The molecule has 100 valence electrons. The van der Waals surface area contributed by atoms with Crippen molar-refractivity contribution in [2.75, 3.05) is 11.6 Å². The fraction of sp³-hybridized carbons (Fsp3) is 0.600. The van der Waals surface area contributed by atoms with Crippen molar-refractivity contribution in [2.45, 2.75) is 30.0 Å². The zero-order valence-electron chi connectivity index (χ0n) is 10.0. The molecule has 0 saturated heterocycles. The van der Waals surface area contributed by atoms with E-state index >= 15 is 0 Å². The van der Waals surface area contributed by atoms with Gasteiger partial charge in [0.2, 0.25) is 0 Å². The highest BCUT2D eigenvalue weighted by Gasteiger charge is 2.31. The summed E-state index contributed by atoms with van der Waals surface area (Å²) >= 11 is 0.928. The molecular formula is C10H14N2O4S2. The monoisotopic (exact) mass is 290 g/mol. The molecule has 18 heavy (non-hydrogen) atoms. The summed E-state index contributed by atoms with van der Waals surface area (Å²) in [6.07, 6.45) is 3.29. The molecule has 1 unspecified atom stereocenters. The average Bonchev–Trinajstić information content (AvgIpc) is 2.98. The Labute approximate surface area is 109 Å². The molecule has 8 heteroatoms. The van der Waals surface area contributed by atoms with E-state index in [1.807, 2.05) is 6.92 Å². The second kappa shape index (κ2) is 4.51. The molecule has 0 bridgehead atoms. The van der Waals surface area contributed by atoms with E-state index in [4.69, 9.17) is 0 Å². The molecule has 0 amide bonds. The molecule has 1 aromatic heterocycles. The van der Waals surface area contributed by atoms with Gasteiger partial charge in [-0.1, -0.05) is 11.3 Å². The second-order valence-electron chi connectivity index (χ2n) is 4.58. The summed E-state index contributed by atoms with van der Waals surface area (Å²) in [4.78, 5) is 10.4. The fourth-order valence-electron chi connectivity index (χ4n) is 1.70. The van der Waals surface area contributed by atoms with Crippen LogP contribution in [0.4, 0.5) is 10.7 Å². The first kappa shape index (κ1) is 13.3. The standard InChI is InChI=1S/C10H14N2O4S2/c1-6(7-3-4-7)11-10-8(12(13)14)5-9(17-10)18(2,15)16/h5-7,11H,3-4H2,1-2H3. The van der Waals surface area contributed by atoms with Crippen LogP contribution in [0.3, 0.4) is 0 Å². The number of nitrogens with one attached hydrogen (secondary N) is 1. The normalized spacial score (nSPS) is 17.4. The third-order valence-electron chi connectivity index (χ3n) is 2.94. The first-order chi connectivity index (χ1) is 8.29. The molecule has 1 fully saturated rings. The van der Waals surface area contributed by atoms with Gasteiger partial charge in [0.25, 0.3) is 0 Å². The van der Waals surface area contributed by atoms with Gasteiger partial charge in [0.1, 0.15) is 4.21 Å². The Morgan fingerprint density at radius 3 is 2.61 bits per heavy atom. The van der Waals surface area contributed by atoms with Crippen LogP contribution >= 0.6 is 11.3 Å². The Bertz CT molecular complexity index is 575. The van der Waals surface area contributed by atoms with Gasteiger partial charge in [0, 0.05) is 18.4 Å². The van der Waals surface area contributed by atoms with Crippen LogP contribution in [-0.4, -0.2) is 25.6 Å². The van der Waals surface area contributed by atoms with E-state index < -0.39 is 14.8 Å². The summed E-state index contributed by atoms with van der Waals surface area (Å²) in [7, 11) is -3.40. The quantitative estimate of drug-likeness (QED) is 0.663. The lowest BCUT2D eigenvalue weighted by atomic mass is 10.2. The number of sulfone groups is 1. The molecule has 1 aromatic rings. The topological polar surface area (TPSA) is 89.3 Å². The first-order valence-electron chi connectivity index (χ1n) is 5.54. The van der Waals surface area contributed by atoms with Crippen molar-refractivity contribution in [3.8, 4) is 0 Å². The van der Waals surface area contributed by atoms with Crippen molar-refractivity contribution in [3.63, 3.8) is 0 Å². The highest BCUT2D eigenvalue weighted by Crippen LogP contribution is 2.40. The Kier molecular flexibility index (Phi) is 3.33. The molecule has 1 aliphatic carbocycles. The summed E-state index contributed by atoms with van der Waals surface area (Å²) in [5, 5.41) is 14.3. The highest BCUT2D eigenvalue weighted by atomic mass is 32.2. The lowest BCUT2D eigenvalue weighted by Gasteiger charge is -2.11. The number of thiophene rings is 1. The van der Waals surface area contributed by atoms with E-state index in [-0.39, 0.29) is 15.9 Å². The Morgan fingerprint density at radius 2 is 2.17 bits per heavy atom. The van der Waals surface area contributed by atoms with Crippen molar-refractivity contribution in [1.82, 2.24) is 0 Å². The van der Waals surface area contributed by atoms with Gasteiger partial charge >= 0.3 is 5.69 Å². The van der Waals surface area contributed by atoms with E-state index in [2.05, 4.69) is 5.32 Å². The molecule has 1 heterocycles. The minimum Gasteiger partial charge on any atom is -0.369 e. The van der Waals surface area contributed by atoms with Gasteiger partial charge in [-0.25, -0.2) is 8.42 Å². The van der Waals surface area contributed by atoms with Crippen molar-refractivity contribution in [3.05, 3.63) is 16.2 Å². The summed E-state index contributed by atoms with van der Waals surface area (Å²) in [5.74, 6) is 0.536. The molecule has 6 nitrogen and oxygen atoms in total. The Morgan fingerprint density at radius 1 is 1.56 bits per heavy atom. The molecule has 1 aliphatic rings. The summed E-state index contributed by atoms with van der Waals surface area (Å²) in [6, 6.07) is 1.26. The van der Waals surface area contributed by atoms with Crippen LogP contribution in [-0.2, 0) is 9.84 Å². The first-order valence-corrected chi connectivity index (χ1v) is 8.24. The predicted molar refractivity (Wildman–Crippen MR) is 69.9 cm³/mol. The highest BCUT2D eigenvalue weighted by molar-refractivity contribution is 7.92. The molecule has 1 saturated carbocycles. The van der Waals surface area contributed by atoms with Gasteiger partial charge in [-0.15, -0.1) is 0 Å². The third-order valence-corrected chi connectivity index (χ3v) is 5.80. The zero-order chi connectivity index (χ0) is 13.5. The largest absolute Gasteiger partial charge is 0.369 e. The number of nitro groups is 1. The van der Waals surface area contributed by atoms with Crippen molar-refractivity contribution >= 4 is 31.9 Å². The van der Waals surface area contributed by atoms with Gasteiger partial charge < -0.3 is 5.32 Å². The average molecular weight is 290 g/mol. The zero-order valence-corrected chi connectivity index (χ0v) is 11.7. The van der Waals surface area contributed by atoms with Gasteiger partial charge in [0.05, 0.1) is 4.92 Å². The van der Waals surface area contributed by atoms with Crippen LogP contribution in [0.15, 0.2) is 10.3 Å². The van der Waals surface area contributed by atoms with Gasteiger partial charge in [-0.3, -0.25) is 10.1 Å². The maximum absolute atomic E-state index is 11.4. The van der Waals surface area contributed by atoms with Crippen LogP contribution in [0, 0.1) is 16.0 Å². The maximum Gasteiger partial charge on any atom is 0.304 e. The number of nitrogens with zero attached hydrogens (tertiary/aromatic N) is 1. The molecule has 1 atom stereocenters. The fourth-order valence-corrected chi connectivity index (χ4v) is 3.74. The van der Waals surface area contributed by atoms with Gasteiger partial charge in [0.15, 0.2) is 14.8 Å². The predicted octanol–water partition coefficient (Wildman–Crippen LogP) is 2.27. The molecule has 0 spiro atoms. The van der Waals surface area contributed by atoms with E-state index in [1.54, 1.807) is 0 Å².